The third-order valence-electron chi connectivity index (χ3n) is 3.87. The SMILES string of the molecule is COc1cc(NC2=NS(=O)(=O)C(c3cccc(Cl)c3)=C2C)cc(OC)c1. The van der Waals surface area contributed by atoms with Crippen LogP contribution >= 0.6 is 11.6 Å². The van der Waals surface area contributed by atoms with Gasteiger partial charge in [-0.3, -0.25) is 0 Å². The molecule has 0 amide bonds. The second-order valence-electron chi connectivity index (χ2n) is 5.61. The second-order valence-corrected chi connectivity index (χ2v) is 7.58. The summed E-state index contributed by atoms with van der Waals surface area (Å²) in [4.78, 5) is 0.136. The van der Waals surface area contributed by atoms with Crippen molar-refractivity contribution in [2.45, 2.75) is 6.92 Å². The smallest absolute Gasteiger partial charge is 0.285 e. The highest BCUT2D eigenvalue weighted by molar-refractivity contribution is 8.00. The fourth-order valence-electron chi connectivity index (χ4n) is 2.66. The van der Waals surface area contributed by atoms with Crippen LogP contribution in [0.5, 0.6) is 11.5 Å². The van der Waals surface area contributed by atoms with Crippen molar-refractivity contribution < 1.29 is 17.9 Å². The number of sulfonamides is 1. The standard InChI is InChI=1S/C18H17ClN2O4S/c1-11-17(12-5-4-6-13(19)7-12)26(22,23)21-18(11)20-14-8-15(24-2)10-16(9-14)25-3/h4-10H,1-3H3,(H,20,21). The molecule has 8 heteroatoms. The largest absolute Gasteiger partial charge is 0.497 e. The molecule has 2 aromatic rings. The molecule has 0 saturated heterocycles. The van der Waals surface area contributed by atoms with Gasteiger partial charge in [-0.15, -0.1) is 4.40 Å². The first-order valence-corrected chi connectivity index (χ1v) is 9.48. The van der Waals surface area contributed by atoms with Gasteiger partial charge in [-0.2, -0.15) is 8.42 Å². The number of amidine groups is 1. The molecule has 26 heavy (non-hydrogen) atoms. The minimum Gasteiger partial charge on any atom is -0.497 e. The topological polar surface area (TPSA) is 77.0 Å². The molecule has 0 bridgehead atoms. The van der Waals surface area contributed by atoms with Crippen LogP contribution in [0, 0.1) is 0 Å². The summed E-state index contributed by atoms with van der Waals surface area (Å²) in [5.74, 6) is 1.39. The van der Waals surface area contributed by atoms with E-state index >= 15 is 0 Å². The molecule has 0 radical (unpaired) electrons. The first-order valence-electron chi connectivity index (χ1n) is 7.66. The predicted octanol–water partition coefficient (Wildman–Crippen LogP) is 3.94. The van der Waals surface area contributed by atoms with E-state index in [1.807, 2.05) is 0 Å². The van der Waals surface area contributed by atoms with Crippen LogP contribution in [0.2, 0.25) is 5.02 Å². The number of halogens is 1. The van der Waals surface area contributed by atoms with Gasteiger partial charge in [-0.1, -0.05) is 23.7 Å². The summed E-state index contributed by atoms with van der Waals surface area (Å²) in [5.41, 5.74) is 1.61. The molecule has 1 aliphatic rings. The second kappa shape index (κ2) is 7.01. The molecular formula is C18H17ClN2O4S. The molecule has 3 rings (SSSR count). The van der Waals surface area contributed by atoms with Crippen LogP contribution in [-0.2, 0) is 10.0 Å². The molecule has 1 heterocycles. The van der Waals surface area contributed by atoms with Crippen LogP contribution in [0.1, 0.15) is 12.5 Å². The molecule has 6 nitrogen and oxygen atoms in total. The summed E-state index contributed by atoms with van der Waals surface area (Å²) in [6.07, 6.45) is 0. The van der Waals surface area contributed by atoms with Crippen molar-refractivity contribution in [2.75, 3.05) is 19.5 Å². The monoisotopic (exact) mass is 392 g/mol. The van der Waals surface area contributed by atoms with Crippen molar-refractivity contribution >= 4 is 38.1 Å². The summed E-state index contributed by atoms with van der Waals surface area (Å²) in [5, 5.41) is 3.49. The van der Waals surface area contributed by atoms with Crippen molar-refractivity contribution in [1.29, 1.82) is 0 Å². The number of ether oxygens (including phenoxy) is 2. The lowest BCUT2D eigenvalue weighted by Gasteiger charge is -2.11. The first kappa shape index (κ1) is 18.3. The maximum absolute atomic E-state index is 12.6. The molecule has 2 aromatic carbocycles. The van der Waals surface area contributed by atoms with Crippen molar-refractivity contribution in [3.63, 3.8) is 0 Å². The van der Waals surface area contributed by atoms with Crippen LogP contribution in [0.3, 0.4) is 0 Å². The van der Waals surface area contributed by atoms with E-state index in [0.29, 0.717) is 33.3 Å². The zero-order valence-electron chi connectivity index (χ0n) is 14.4. The van der Waals surface area contributed by atoms with E-state index in [-0.39, 0.29) is 10.7 Å². The summed E-state index contributed by atoms with van der Waals surface area (Å²) in [6, 6.07) is 11.8. The Balaban J connectivity index is 2.02. The number of nitrogens with zero attached hydrogens (tertiary/aromatic N) is 1. The van der Waals surface area contributed by atoms with Crippen molar-refractivity contribution in [1.82, 2.24) is 0 Å². The Bertz CT molecular complexity index is 1010. The molecule has 0 aromatic heterocycles. The molecule has 1 aliphatic heterocycles. The summed E-state index contributed by atoms with van der Waals surface area (Å²) < 4.78 is 39.4. The van der Waals surface area contributed by atoms with Crippen molar-refractivity contribution in [3.05, 3.63) is 58.6 Å². The molecule has 0 aliphatic carbocycles. The minimum absolute atomic E-state index is 0.136. The van der Waals surface area contributed by atoms with E-state index in [1.54, 1.807) is 63.6 Å². The maximum Gasteiger partial charge on any atom is 0.285 e. The van der Waals surface area contributed by atoms with Gasteiger partial charge in [-0.25, -0.2) is 0 Å². The van der Waals surface area contributed by atoms with Crippen LogP contribution in [0.25, 0.3) is 4.91 Å². The average Bonchev–Trinajstić information content (AvgIpc) is 2.82. The molecule has 1 N–H and O–H groups in total. The lowest BCUT2D eigenvalue weighted by molar-refractivity contribution is 0.395. The van der Waals surface area contributed by atoms with Gasteiger partial charge in [0, 0.05) is 34.5 Å². The fourth-order valence-corrected chi connectivity index (χ4v) is 4.28. The third kappa shape index (κ3) is 3.54. The lowest BCUT2D eigenvalue weighted by atomic mass is 10.1. The van der Waals surface area contributed by atoms with Gasteiger partial charge >= 0.3 is 0 Å². The zero-order valence-corrected chi connectivity index (χ0v) is 16.0. The highest BCUT2D eigenvalue weighted by Gasteiger charge is 2.31. The van der Waals surface area contributed by atoms with Crippen LogP contribution in [-0.4, -0.2) is 28.5 Å². The van der Waals surface area contributed by atoms with Gasteiger partial charge in [0.05, 0.1) is 14.2 Å². The number of benzene rings is 2. The van der Waals surface area contributed by atoms with Crippen LogP contribution in [0.4, 0.5) is 5.69 Å². The average molecular weight is 393 g/mol. The Morgan fingerprint density at radius 1 is 1.04 bits per heavy atom. The fraction of sp³-hybridized carbons (Fsp3) is 0.167. The van der Waals surface area contributed by atoms with Crippen LogP contribution < -0.4 is 14.8 Å². The number of methoxy groups -OCH3 is 2. The Morgan fingerprint density at radius 3 is 2.27 bits per heavy atom. The Hall–Kier alpha value is -2.51. The van der Waals surface area contributed by atoms with Gasteiger partial charge in [0.1, 0.15) is 22.2 Å². The molecule has 0 fully saturated rings. The minimum atomic E-state index is -3.82. The van der Waals surface area contributed by atoms with Crippen molar-refractivity contribution in [2.24, 2.45) is 4.40 Å². The lowest BCUT2D eigenvalue weighted by Crippen LogP contribution is -2.11. The van der Waals surface area contributed by atoms with Gasteiger partial charge in [0.15, 0.2) is 0 Å². The molecule has 0 saturated carbocycles. The highest BCUT2D eigenvalue weighted by atomic mass is 35.5. The van der Waals surface area contributed by atoms with Gasteiger partial charge in [-0.05, 0) is 24.6 Å². The molecule has 0 spiro atoms. The molecule has 0 atom stereocenters. The van der Waals surface area contributed by atoms with Gasteiger partial charge < -0.3 is 14.8 Å². The van der Waals surface area contributed by atoms with Gasteiger partial charge in [0.25, 0.3) is 10.0 Å². The van der Waals surface area contributed by atoms with Crippen molar-refractivity contribution in [3.8, 4) is 11.5 Å². The van der Waals surface area contributed by atoms with E-state index in [9.17, 15) is 8.42 Å². The maximum atomic E-state index is 12.6. The van der Waals surface area contributed by atoms with E-state index in [2.05, 4.69) is 9.71 Å². The summed E-state index contributed by atoms with van der Waals surface area (Å²) in [7, 11) is -0.742. The van der Waals surface area contributed by atoms with E-state index in [0.717, 1.165) is 0 Å². The Morgan fingerprint density at radius 2 is 1.69 bits per heavy atom. The van der Waals surface area contributed by atoms with E-state index < -0.39 is 10.0 Å². The molecule has 136 valence electrons. The third-order valence-corrected chi connectivity index (χ3v) is 5.58. The number of hydrogen-bond donors (Lipinski definition) is 1. The number of anilines is 1. The molecular weight excluding hydrogens is 376 g/mol. The van der Waals surface area contributed by atoms with Crippen LogP contribution in [0.15, 0.2) is 52.4 Å². The quantitative estimate of drug-likeness (QED) is 0.852. The first-order chi connectivity index (χ1) is 12.3. The molecule has 0 unspecified atom stereocenters. The highest BCUT2D eigenvalue weighted by Crippen LogP contribution is 2.34. The Labute approximate surface area is 157 Å². The van der Waals surface area contributed by atoms with E-state index in [4.69, 9.17) is 21.1 Å². The number of rotatable bonds is 4. The van der Waals surface area contributed by atoms with E-state index in [1.165, 1.54) is 0 Å². The normalized spacial score (nSPS) is 15.6. The predicted molar refractivity (Wildman–Crippen MR) is 104 cm³/mol. The van der Waals surface area contributed by atoms with Gasteiger partial charge in [0.2, 0.25) is 0 Å². The number of nitrogens with one attached hydrogen (secondary N) is 1. The summed E-state index contributed by atoms with van der Waals surface area (Å²) >= 11 is 6.00. The Kier molecular flexibility index (Phi) is 4.93. The zero-order chi connectivity index (χ0) is 18.9. The number of hydrogen-bond acceptors (Lipinski definition) is 5. The summed E-state index contributed by atoms with van der Waals surface area (Å²) in [6.45, 7) is 1.70.